The quantitative estimate of drug-likeness (QED) is 0.0289. The van der Waals surface area contributed by atoms with Crippen molar-refractivity contribution in [2.24, 2.45) is 39.4 Å². The average Bonchev–Trinajstić information content (AvgIpc) is 3.57. The number of hydrazone groups is 1. The number of aromatic nitrogens is 2. The van der Waals surface area contributed by atoms with Crippen LogP contribution in [0.3, 0.4) is 0 Å². The van der Waals surface area contributed by atoms with E-state index >= 15 is 0 Å². The highest BCUT2D eigenvalue weighted by Crippen LogP contribution is 2.28. The van der Waals surface area contributed by atoms with Crippen LogP contribution in [-0.2, 0) is 31.9 Å². The van der Waals surface area contributed by atoms with Gasteiger partial charge in [-0.1, -0.05) is 164 Å². The van der Waals surface area contributed by atoms with Gasteiger partial charge in [-0.05, 0) is 121 Å². The number of nitrogens with two attached hydrogens (primary N) is 2. The number of imidazole rings is 1. The van der Waals surface area contributed by atoms with Crippen molar-refractivity contribution >= 4 is 11.9 Å². The first-order valence-corrected chi connectivity index (χ1v) is 29.9. The maximum Gasteiger partial charge on any atom is 0.106 e. The van der Waals surface area contributed by atoms with E-state index in [9.17, 15) is 0 Å². The Bertz CT molecular complexity index is 1600. The number of hydrogen-bond donors (Lipinski definition) is 2. The summed E-state index contributed by atoms with van der Waals surface area (Å²) in [4.78, 5) is 11.5. The van der Waals surface area contributed by atoms with Gasteiger partial charge in [0.1, 0.15) is 5.82 Å². The first-order valence-electron chi connectivity index (χ1n) is 29.9. The predicted molar refractivity (Wildman–Crippen MR) is 323 cm³/mol. The van der Waals surface area contributed by atoms with Crippen molar-refractivity contribution < 1.29 is 18.9 Å². The van der Waals surface area contributed by atoms with Gasteiger partial charge in [0, 0.05) is 69.6 Å². The van der Waals surface area contributed by atoms with Crippen molar-refractivity contribution in [1.82, 2.24) is 14.5 Å². The Morgan fingerprint density at radius 1 is 0.784 bits per heavy atom. The van der Waals surface area contributed by atoms with Crippen molar-refractivity contribution in [2.75, 3.05) is 65.9 Å². The molecule has 1 aliphatic carbocycles. The van der Waals surface area contributed by atoms with Gasteiger partial charge in [-0.25, -0.2) is 4.98 Å². The lowest BCUT2D eigenvalue weighted by Crippen LogP contribution is -2.29. The number of hydrogen-bond acceptors (Lipinski definition) is 10. The number of rotatable bonds is 38. The van der Waals surface area contributed by atoms with Crippen LogP contribution in [0.1, 0.15) is 228 Å². The number of aryl methyl sites for hydroxylation is 1. The Balaban J connectivity index is 0. The Hall–Kier alpha value is -3.51. The Kier molecular flexibility index (Phi) is 51.9. The molecule has 0 aromatic carbocycles. The second kappa shape index (κ2) is 52.9. The Labute approximate surface area is 457 Å². The van der Waals surface area contributed by atoms with Crippen molar-refractivity contribution in [3.05, 3.63) is 78.2 Å². The van der Waals surface area contributed by atoms with E-state index in [1.165, 1.54) is 107 Å². The van der Waals surface area contributed by atoms with Crippen LogP contribution in [0.25, 0.3) is 0 Å². The number of aliphatic imine (C=N–C) groups is 1. The van der Waals surface area contributed by atoms with Crippen molar-refractivity contribution in [3.8, 4) is 0 Å². The molecule has 3 unspecified atom stereocenters. The van der Waals surface area contributed by atoms with Crippen LogP contribution in [0.2, 0.25) is 0 Å². The van der Waals surface area contributed by atoms with Crippen LogP contribution in [0, 0.1) is 24.7 Å². The largest absolute Gasteiger partial charge is 0.405 e. The molecule has 74 heavy (non-hydrogen) atoms. The molecule has 0 fully saturated rings. The van der Waals surface area contributed by atoms with Crippen LogP contribution in [-0.4, -0.2) is 92.3 Å². The number of fused-ring (bicyclic) bond motifs is 1. The summed E-state index contributed by atoms with van der Waals surface area (Å²) in [6.07, 6.45) is 39.4. The third-order valence-corrected chi connectivity index (χ3v) is 12.8. The summed E-state index contributed by atoms with van der Waals surface area (Å²) in [6, 6.07) is 0.558. The zero-order valence-electron chi connectivity index (χ0n) is 50.4. The number of ether oxygens (including phenoxy) is 4. The summed E-state index contributed by atoms with van der Waals surface area (Å²) in [5.74, 6) is 8.71. The first-order chi connectivity index (χ1) is 35.9. The molecule has 0 saturated carbocycles. The van der Waals surface area contributed by atoms with E-state index in [1.54, 1.807) is 0 Å². The van der Waals surface area contributed by atoms with E-state index < -0.39 is 0 Å². The molecule has 11 heteroatoms. The second-order valence-corrected chi connectivity index (χ2v) is 20.2. The standard InChI is InChI=1S/C42H77N3O4.C14H23N3.C3H8.C2H5N.C2H6/c1-5-20-40(41-23-18-22-39(4)26-27-41)24-19-25-42(45-43)37-44-28-34-49-36-35-48-33-14-9-7-6-8-13-29-46-31-16-11-17-32-47-30-15-10-12-21-38(2)3;1-6-11(4)17-12(5)15-13-9-16(10(2)3)8-7-14(13)17;1-3-2;1-2-3;1-2/h18,22-23,26-27,37-40H,5-17,19-21,24-25,28-36,43H2,1-4H3;11H,2,6-9H2,1,3-5H3;3H2,1-2H3;2H,1,3H2;1-2H3/b44-37?,45-42-;;;;. The Morgan fingerprint density at radius 3 is 1.84 bits per heavy atom. The summed E-state index contributed by atoms with van der Waals surface area (Å²) in [5.41, 5.74) is 10.7. The Morgan fingerprint density at radius 2 is 1.31 bits per heavy atom. The van der Waals surface area contributed by atoms with Crippen LogP contribution >= 0.6 is 0 Å². The van der Waals surface area contributed by atoms with Crippen LogP contribution < -0.4 is 11.6 Å². The molecule has 0 radical (unpaired) electrons. The lowest BCUT2D eigenvalue weighted by Gasteiger charge is -2.29. The number of unbranched alkanes of at least 4 members (excludes halogenated alkanes) is 9. The topological polar surface area (TPSA) is 135 Å². The minimum Gasteiger partial charge on any atom is -0.405 e. The van der Waals surface area contributed by atoms with E-state index in [1.807, 2.05) is 20.1 Å². The molecule has 3 atom stereocenters. The van der Waals surface area contributed by atoms with Gasteiger partial charge in [0.05, 0.1) is 44.3 Å². The summed E-state index contributed by atoms with van der Waals surface area (Å²) >= 11 is 0. The zero-order valence-corrected chi connectivity index (χ0v) is 50.4. The monoisotopic (exact) mass is 1040 g/mol. The van der Waals surface area contributed by atoms with Gasteiger partial charge in [-0.3, -0.25) is 4.99 Å². The summed E-state index contributed by atoms with van der Waals surface area (Å²) in [7, 11) is 0. The summed E-state index contributed by atoms with van der Waals surface area (Å²) in [6.45, 7) is 42.1. The molecule has 0 spiro atoms. The summed E-state index contributed by atoms with van der Waals surface area (Å²) in [5, 5.41) is 3.96. The number of nitrogens with zero attached hydrogens (tertiary/aromatic N) is 5. The van der Waals surface area contributed by atoms with Crippen LogP contribution in [0.5, 0.6) is 0 Å². The van der Waals surface area contributed by atoms with Gasteiger partial charge in [0.25, 0.3) is 0 Å². The van der Waals surface area contributed by atoms with Gasteiger partial charge in [0.2, 0.25) is 0 Å². The lowest BCUT2D eigenvalue weighted by molar-refractivity contribution is 0.0493. The van der Waals surface area contributed by atoms with E-state index in [0.717, 1.165) is 121 Å². The smallest absolute Gasteiger partial charge is 0.106 e. The van der Waals surface area contributed by atoms with Gasteiger partial charge in [0.15, 0.2) is 0 Å². The highest BCUT2D eigenvalue weighted by Gasteiger charge is 2.24. The predicted octanol–water partition coefficient (Wildman–Crippen LogP) is 16.0. The second-order valence-electron chi connectivity index (χ2n) is 20.2. The fraction of sp³-hybridized carbons (Fsp3) is 0.762. The molecule has 1 aromatic heterocycles. The molecule has 1 aliphatic heterocycles. The average molecular weight is 1040 g/mol. The molecule has 3 rings (SSSR count). The molecule has 430 valence electrons. The molecule has 2 aliphatic rings. The maximum absolute atomic E-state index is 5.81. The van der Waals surface area contributed by atoms with Crippen molar-refractivity contribution in [1.29, 1.82) is 0 Å². The first kappa shape index (κ1) is 72.6. The normalized spacial score (nSPS) is 14.8. The highest BCUT2D eigenvalue weighted by molar-refractivity contribution is 6.30. The van der Waals surface area contributed by atoms with E-state index in [2.05, 4.69) is 138 Å². The molecular formula is C63H119N7O4. The van der Waals surface area contributed by atoms with Crippen molar-refractivity contribution in [3.63, 3.8) is 0 Å². The minimum absolute atomic E-state index is 0.497. The molecule has 11 nitrogen and oxygen atoms in total. The molecule has 0 bridgehead atoms. The van der Waals surface area contributed by atoms with Gasteiger partial charge in [-0.15, -0.1) is 0 Å². The van der Waals surface area contributed by atoms with Gasteiger partial charge < -0.3 is 40.0 Å². The SMILES string of the molecule is C=C(C)N1CCc2c(nc(C)n2C(C)CC)C1.C=CN.CC.CCC.CCCC(CCC/C(C=NCCOCCOCCCCCCCCOCCCCCOCCCCCC(C)C)=N/N)C1=CC=CC(C)C=C1. The molecular weight excluding hydrogens is 919 g/mol. The van der Waals surface area contributed by atoms with Crippen molar-refractivity contribution in [2.45, 2.75) is 231 Å². The number of allylic oxidation sites excluding steroid dienone is 7. The molecule has 4 N–H and O–H groups in total. The van der Waals surface area contributed by atoms with E-state index in [0.29, 0.717) is 44.2 Å². The molecule has 0 saturated heterocycles. The molecule has 0 amide bonds. The highest BCUT2D eigenvalue weighted by atomic mass is 16.5. The summed E-state index contributed by atoms with van der Waals surface area (Å²) < 4.78 is 25.4. The lowest BCUT2D eigenvalue weighted by atomic mass is 9.88. The third kappa shape index (κ3) is 39.8. The van der Waals surface area contributed by atoms with Gasteiger partial charge >= 0.3 is 0 Å². The molecule has 1 aromatic rings. The third-order valence-electron chi connectivity index (χ3n) is 12.8. The maximum atomic E-state index is 5.81. The fourth-order valence-electron chi connectivity index (χ4n) is 8.60. The van der Waals surface area contributed by atoms with Crippen LogP contribution in [0.4, 0.5) is 0 Å². The molecule has 2 heterocycles. The van der Waals surface area contributed by atoms with E-state index in [4.69, 9.17) is 29.8 Å². The van der Waals surface area contributed by atoms with Gasteiger partial charge in [-0.2, -0.15) is 5.10 Å². The zero-order chi connectivity index (χ0) is 55.5. The fourth-order valence-corrected chi connectivity index (χ4v) is 8.60. The minimum atomic E-state index is 0.497. The van der Waals surface area contributed by atoms with Crippen LogP contribution in [0.15, 0.2) is 71.1 Å². The van der Waals surface area contributed by atoms with E-state index in [-0.39, 0.29) is 0 Å².